The summed E-state index contributed by atoms with van der Waals surface area (Å²) in [4.78, 5) is 10.8. The predicted octanol–water partition coefficient (Wildman–Crippen LogP) is 2.47. The minimum Gasteiger partial charge on any atom is -0.495 e. The third-order valence-corrected chi connectivity index (χ3v) is 3.60. The summed E-state index contributed by atoms with van der Waals surface area (Å²) in [5.74, 6) is -0.675. The standard InChI is InChI=1S/C11H13Br2NO4/c1-11(17,10(15)16)5-14-8-4-9(18-2)7(13)3-6(8)12/h3-4,14,17H,5H2,1-2H3,(H,15,16). The maximum absolute atomic E-state index is 10.8. The molecule has 0 aliphatic heterocycles. The number of nitrogens with one attached hydrogen (secondary N) is 1. The maximum Gasteiger partial charge on any atom is 0.337 e. The summed E-state index contributed by atoms with van der Waals surface area (Å²) >= 11 is 6.67. The van der Waals surface area contributed by atoms with Crippen molar-refractivity contribution < 1.29 is 19.7 Å². The summed E-state index contributed by atoms with van der Waals surface area (Å²) in [5.41, 5.74) is -1.20. The lowest BCUT2D eigenvalue weighted by molar-refractivity contribution is -0.155. The number of methoxy groups -OCH3 is 1. The van der Waals surface area contributed by atoms with Gasteiger partial charge < -0.3 is 20.3 Å². The van der Waals surface area contributed by atoms with Crippen LogP contribution in [0.3, 0.4) is 0 Å². The third kappa shape index (κ3) is 3.60. The highest BCUT2D eigenvalue weighted by Gasteiger charge is 2.29. The molecule has 18 heavy (non-hydrogen) atoms. The second-order valence-electron chi connectivity index (χ2n) is 3.90. The van der Waals surface area contributed by atoms with Gasteiger partial charge >= 0.3 is 5.97 Å². The molecule has 0 radical (unpaired) electrons. The first-order valence-electron chi connectivity index (χ1n) is 5.00. The zero-order valence-corrected chi connectivity index (χ0v) is 13.0. The topological polar surface area (TPSA) is 78.8 Å². The third-order valence-electron chi connectivity index (χ3n) is 2.33. The molecule has 0 saturated heterocycles. The zero-order chi connectivity index (χ0) is 13.9. The zero-order valence-electron chi connectivity index (χ0n) is 9.83. The van der Waals surface area contributed by atoms with Gasteiger partial charge in [0.25, 0.3) is 0 Å². The van der Waals surface area contributed by atoms with E-state index in [-0.39, 0.29) is 6.54 Å². The van der Waals surface area contributed by atoms with Crippen molar-refractivity contribution in [3.63, 3.8) is 0 Å². The maximum atomic E-state index is 10.8. The van der Waals surface area contributed by atoms with Gasteiger partial charge in [-0.15, -0.1) is 0 Å². The van der Waals surface area contributed by atoms with Gasteiger partial charge in [0.05, 0.1) is 23.8 Å². The summed E-state index contributed by atoms with van der Waals surface area (Å²) in [6, 6.07) is 3.47. The lowest BCUT2D eigenvalue weighted by Crippen LogP contribution is -2.41. The molecule has 1 rings (SSSR count). The number of carbonyl (C=O) groups is 1. The van der Waals surface area contributed by atoms with Gasteiger partial charge in [-0.05, 0) is 44.8 Å². The molecule has 1 aromatic rings. The van der Waals surface area contributed by atoms with E-state index in [1.165, 1.54) is 14.0 Å². The summed E-state index contributed by atoms with van der Waals surface area (Å²) in [5, 5.41) is 21.3. The lowest BCUT2D eigenvalue weighted by atomic mass is 10.1. The first kappa shape index (κ1) is 15.3. The van der Waals surface area contributed by atoms with Crippen molar-refractivity contribution >= 4 is 43.5 Å². The van der Waals surface area contributed by atoms with Gasteiger partial charge in [0, 0.05) is 10.5 Å². The molecule has 0 spiro atoms. The first-order chi connectivity index (χ1) is 8.27. The first-order valence-corrected chi connectivity index (χ1v) is 6.59. The average molecular weight is 383 g/mol. The Bertz CT molecular complexity index is 463. The molecular weight excluding hydrogens is 370 g/mol. The van der Waals surface area contributed by atoms with Crippen molar-refractivity contribution in [2.45, 2.75) is 12.5 Å². The van der Waals surface area contributed by atoms with Gasteiger partial charge in [-0.25, -0.2) is 4.79 Å². The van der Waals surface area contributed by atoms with Crippen LogP contribution in [0.15, 0.2) is 21.1 Å². The Kier molecular flexibility index (Phi) is 5.01. The van der Waals surface area contributed by atoms with Gasteiger partial charge in [-0.2, -0.15) is 0 Å². The van der Waals surface area contributed by atoms with Crippen molar-refractivity contribution in [3.8, 4) is 5.75 Å². The van der Waals surface area contributed by atoms with E-state index in [2.05, 4.69) is 37.2 Å². The normalized spacial score (nSPS) is 13.8. The van der Waals surface area contributed by atoms with Crippen LogP contribution in [0.5, 0.6) is 5.75 Å². The Balaban J connectivity index is 2.89. The van der Waals surface area contributed by atoms with Gasteiger partial charge in [0.1, 0.15) is 5.75 Å². The molecular formula is C11H13Br2NO4. The Labute approximate surface area is 121 Å². The molecule has 0 aliphatic carbocycles. The Morgan fingerprint density at radius 3 is 2.56 bits per heavy atom. The van der Waals surface area contributed by atoms with E-state index in [1.807, 2.05) is 0 Å². The van der Waals surface area contributed by atoms with E-state index in [9.17, 15) is 9.90 Å². The summed E-state index contributed by atoms with van der Waals surface area (Å²) < 4.78 is 6.64. The number of carboxylic acids is 1. The molecule has 5 nitrogen and oxygen atoms in total. The largest absolute Gasteiger partial charge is 0.495 e. The van der Waals surface area contributed by atoms with Crippen LogP contribution in [-0.2, 0) is 4.79 Å². The minimum atomic E-state index is -1.83. The van der Waals surface area contributed by atoms with E-state index in [0.717, 1.165) is 8.95 Å². The van der Waals surface area contributed by atoms with E-state index in [1.54, 1.807) is 12.1 Å². The molecule has 0 aliphatic rings. The molecule has 100 valence electrons. The molecule has 7 heteroatoms. The van der Waals surface area contributed by atoms with Gasteiger partial charge in [-0.3, -0.25) is 0 Å². The second kappa shape index (κ2) is 5.90. The summed E-state index contributed by atoms with van der Waals surface area (Å²) in [7, 11) is 1.53. The number of rotatable bonds is 5. The average Bonchev–Trinajstić information content (AvgIpc) is 2.27. The van der Waals surface area contributed by atoms with Crippen molar-refractivity contribution in [3.05, 3.63) is 21.1 Å². The van der Waals surface area contributed by atoms with Gasteiger partial charge in [-0.1, -0.05) is 0 Å². The fourth-order valence-corrected chi connectivity index (χ4v) is 2.46. The number of anilines is 1. The number of hydrogen-bond acceptors (Lipinski definition) is 4. The Morgan fingerprint density at radius 2 is 2.06 bits per heavy atom. The molecule has 1 atom stereocenters. The number of halogens is 2. The van der Waals surface area contributed by atoms with E-state index < -0.39 is 11.6 Å². The fourth-order valence-electron chi connectivity index (χ4n) is 1.16. The molecule has 1 aromatic carbocycles. The van der Waals surface area contributed by atoms with Crippen LogP contribution in [0.1, 0.15) is 6.92 Å². The van der Waals surface area contributed by atoms with Crippen molar-refractivity contribution in [1.29, 1.82) is 0 Å². The summed E-state index contributed by atoms with van der Waals surface area (Å²) in [6.45, 7) is 1.11. The lowest BCUT2D eigenvalue weighted by Gasteiger charge is -2.20. The van der Waals surface area contributed by atoms with Gasteiger partial charge in [0.2, 0.25) is 0 Å². The van der Waals surface area contributed by atoms with Crippen molar-refractivity contribution in [1.82, 2.24) is 0 Å². The predicted molar refractivity (Wildman–Crippen MR) is 75.1 cm³/mol. The molecule has 0 amide bonds. The molecule has 0 fully saturated rings. The van der Waals surface area contributed by atoms with Crippen LogP contribution >= 0.6 is 31.9 Å². The molecule has 0 heterocycles. The highest BCUT2D eigenvalue weighted by molar-refractivity contribution is 9.11. The highest BCUT2D eigenvalue weighted by atomic mass is 79.9. The molecule has 0 aromatic heterocycles. The van der Waals surface area contributed by atoms with Crippen molar-refractivity contribution in [2.24, 2.45) is 0 Å². The fraction of sp³-hybridized carbons (Fsp3) is 0.364. The van der Waals surface area contributed by atoms with E-state index in [0.29, 0.717) is 11.4 Å². The SMILES string of the molecule is COc1cc(NCC(C)(O)C(=O)O)c(Br)cc1Br. The molecule has 0 bridgehead atoms. The van der Waals surface area contributed by atoms with Crippen molar-refractivity contribution in [2.75, 3.05) is 19.0 Å². The monoisotopic (exact) mass is 381 g/mol. The second-order valence-corrected chi connectivity index (χ2v) is 5.61. The van der Waals surface area contributed by atoms with Gasteiger partial charge in [0.15, 0.2) is 5.60 Å². The molecule has 1 unspecified atom stereocenters. The van der Waals surface area contributed by atoms with Crippen LogP contribution in [0, 0.1) is 0 Å². The molecule has 0 saturated carbocycles. The Morgan fingerprint density at radius 1 is 1.44 bits per heavy atom. The van der Waals surface area contributed by atoms with Crippen LogP contribution in [-0.4, -0.2) is 35.4 Å². The molecule has 3 N–H and O–H groups in total. The van der Waals surface area contributed by atoms with E-state index in [4.69, 9.17) is 9.84 Å². The highest BCUT2D eigenvalue weighted by Crippen LogP contribution is 2.34. The number of aliphatic hydroxyl groups is 1. The Hall–Kier alpha value is -0.790. The minimum absolute atomic E-state index is 0.119. The quantitative estimate of drug-likeness (QED) is 0.729. The number of hydrogen-bond donors (Lipinski definition) is 3. The summed E-state index contributed by atoms with van der Waals surface area (Å²) in [6.07, 6.45) is 0. The number of carboxylic acid groups (broad SMARTS) is 1. The van der Waals surface area contributed by atoms with Crippen LogP contribution in [0.25, 0.3) is 0 Å². The van der Waals surface area contributed by atoms with Crippen LogP contribution in [0.2, 0.25) is 0 Å². The van der Waals surface area contributed by atoms with E-state index >= 15 is 0 Å². The number of aliphatic carboxylic acids is 1. The number of ether oxygens (including phenoxy) is 1. The number of benzene rings is 1. The van der Waals surface area contributed by atoms with Crippen LogP contribution < -0.4 is 10.1 Å². The smallest absolute Gasteiger partial charge is 0.337 e. The van der Waals surface area contributed by atoms with Crippen LogP contribution in [0.4, 0.5) is 5.69 Å².